The first kappa shape index (κ1) is 35.0. The van der Waals surface area contributed by atoms with Gasteiger partial charge < -0.3 is 9.58 Å². The van der Waals surface area contributed by atoms with Gasteiger partial charge in [-0.2, -0.15) is 9.78 Å². The second-order valence-electron chi connectivity index (χ2n) is 10.4. The van der Waals surface area contributed by atoms with E-state index in [-0.39, 0.29) is 29.7 Å². The van der Waals surface area contributed by atoms with E-state index in [1.165, 1.54) is 29.3 Å². The van der Waals surface area contributed by atoms with Crippen molar-refractivity contribution in [1.82, 2.24) is 39.5 Å². The molecule has 0 bridgehead atoms. The third-order valence-electron chi connectivity index (χ3n) is 7.35. The van der Waals surface area contributed by atoms with E-state index in [9.17, 15) is 8.78 Å². The summed E-state index contributed by atoms with van der Waals surface area (Å²) in [5, 5.41) is 8.97. The summed E-state index contributed by atoms with van der Waals surface area (Å²) in [6.45, 7) is 19.6. The molecule has 0 aliphatic heterocycles. The van der Waals surface area contributed by atoms with E-state index in [1.54, 1.807) is 31.5 Å². The minimum absolute atomic E-state index is 0.116. The average Bonchev–Trinajstić information content (AvgIpc) is 3.64. The van der Waals surface area contributed by atoms with E-state index in [2.05, 4.69) is 55.9 Å². The van der Waals surface area contributed by atoms with Crippen molar-refractivity contribution in [2.45, 2.75) is 54.6 Å². The Morgan fingerprint density at radius 2 is 1.44 bits per heavy atom. The van der Waals surface area contributed by atoms with Crippen LogP contribution in [-0.4, -0.2) is 46.6 Å². The Bertz CT molecular complexity index is 2030. The number of rotatable bonds is 7. The van der Waals surface area contributed by atoms with Crippen molar-refractivity contribution in [3.63, 3.8) is 0 Å². The SMILES string of the molecule is CC.COc1cnc(-c2nn(Cc3ccccc3)c(C)c2C)nc1C.[C-]#[N+]c1cc(-c2ncc(F)c(C)n2)nn1Cc1ccccc1F. The van der Waals surface area contributed by atoms with Gasteiger partial charge in [-0.05, 0) is 45.4 Å². The van der Waals surface area contributed by atoms with E-state index >= 15 is 0 Å². The molecule has 0 amide bonds. The maximum atomic E-state index is 13.8. The van der Waals surface area contributed by atoms with Crippen LogP contribution in [0.2, 0.25) is 0 Å². The summed E-state index contributed by atoms with van der Waals surface area (Å²) in [6.07, 6.45) is 2.76. The summed E-state index contributed by atoms with van der Waals surface area (Å²) in [7, 11) is 1.62. The van der Waals surface area contributed by atoms with Gasteiger partial charge in [0, 0.05) is 16.8 Å². The zero-order valence-electron chi connectivity index (χ0n) is 28.0. The molecule has 4 heterocycles. The van der Waals surface area contributed by atoms with Crippen molar-refractivity contribution < 1.29 is 13.5 Å². The Morgan fingerprint density at radius 1 is 0.771 bits per heavy atom. The highest BCUT2D eigenvalue weighted by molar-refractivity contribution is 5.57. The molecule has 0 spiro atoms. The van der Waals surface area contributed by atoms with Crippen LogP contribution >= 0.6 is 0 Å². The highest BCUT2D eigenvalue weighted by Crippen LogP contribution is 2.25. The van der Waals surface area contributed by atoms with Crippen LogP contribution in [0.3, 0.4) is 0 Å². The van der Waals surface area contributed by atoms with Crippen LogP contribution in [0, 0.1) is 45.9 Å². The number of hydrogen-bond donors (Lipinski definition) is 0. The Hall–Kier alpha value is -5.83. The van der Waals surface area contributed by atoms with Crippen molar-refractivity contribution in [3.05, 3.63) is 130 Å². The molecule has 12 heteroatoms. The van der Waals surface area contributed by atoms with Crippen molar-refractivity contribution in [2.24, 2.45) is 0 Å². The molecule has 0 N–H and O–H groups in total. The van der Waals surface area contributed by atoms with E-state index in [0.29, 0.717) is 22.8 Å². The van der Waals surface area contributed by atoms with Crippen LogP contribution in [0.25, 0.3) is 27.9 Å². The molecule has 2 aromatic carbocycles. The standard InChI is InChI=1S/C18H20N4O.C16H11F2N5.C2H6/c1-12-14(3)22(11-15-8-6-5-7-9-15)21-17(12)18-19-10-16(23-4)13(2)20-18;1-10-13(18)8-20-16(21-10)14-7-15(19-2)23(22-14)9-11-5-3-4-6-12(11)17;1-2/h5-10H,11H2,1-4H3;3-8H,9H2,1H3;1-2H3. The quantitative estimate of drug-likeness (QED) is 0.162. The first-order chi connectivity index (χ1) is 23.2. The number of hydrogen-bond acceptors (Lipinski definition) is 7. The molecule has 4 aromatic heterocycles. The lowest BCUT2D eigenvalue weighted by Gasteiger charge is -2.05. The largest absolute Gasteiger partial charge is 0.493 e. The van der Waals surface area contributed by atoms with Crippen LogP contribution in [0.5, 0.6) is 5.75 Å². The molecular weight excluding hydrogens is 612 g/mol. The minimum Gasteiger partial charge on any atom is -0.493 e. The number of methoxy groups -OCH3 is 1. The fraction of sp³-hybridized carbons (Fsp3) is 0.250. The number of aryl methyl sites for hydroxylation is 2. The van der Waals surface area contributed by atoms with Gasteiger partial charge >= 0.3 is 0 Å². The van der Waals surface area contributed by atoms with Crippen LogP contribution in [-0.2, 0) is 13.1 Å². The summed E-state index contributed by atoms with van der Waals surface area (Å²) in [5.41, 5.74) is 6.04. The molecular formula is C36H37F2N9O. The highest BCUT2D eigenvalue weighted by atomic mass is 19.1. The smallest absolute Gasteiger partial charge is 0.253 e. The minimum atomic E-state index is -0.509. The maximum Gasteiger partial charge on any atom is 0.253 e. The topological polar surface area (TPSA) is 101 Å². The molecule has 0 saturated carbocycles. The van der Waals surface area contributed by atoms with Crippen molar-refractivity contribution in [2.75, 3.05) is 7.11 Å². The van der Waals surface area contributed by atoms with E-state index in [4.69, 9.17) is 16.4 Å². The van der Waals surface area contributed by atoms with E-state index in [1.807, 2.05) is 43.7 Å². The second kappa shape index (κ2) is 16.1. The molecule has 6 aromatic rings. The molecule has 0 fully saturated rings. The van der Waals surface area contributed by atoms with Gasteiger partial charge in [0.25, 0.3) is 5.82 Å². The van der Waals surface area contributed by atoms with Crippen LogP contribution < -0.4 is 4.74 Å². The van der Waals surface area contributed by atoms with Crippen molar-refractivity contribution >= 4 is 5.82 Å². The molecule has 0 saturated heterocycles. The van der Waals surface area contributed by atoms with Crippen LogP contribution in [0.15, 0.2) is 73.1 Å². The number of halogens is 2. The molecule has 6 rings (SSSR count). The summed E-state index contributed by atoms with van der Waals surface area (Å²) < 4.78 is 35.6. The second-order valence-corrected chi connectivity index (χ2v) is 10.4. The lowest BCUT2D eigenvalue weighted by molar-refractivity contribution is 0.407. The predicted molar refractivity (Wildman–Crippen MR) is 181 cm³/mol. The first-order valence-electron chi connectivity index (χ1n) is 15.3. The van der Waals surface area contributed by atoms with Gasteiger partial charge in [0.05, 0.1) is 37.4 Å². The molecule has 10 nitrogen and oxygen atoms in total. The summed E-state index contributed by atoms with van der Waals surface area (Å²) in [6, 6.07) is 18.1. The van der Waals surface area contributed by atoms with Crippen molar-refractivity contribution in [3.8, 4) is 28.8 Å². The Morgan fingerprint density at radius 3 is 2.08 bits per heavy atom. The lowest BCUT2D eigenvalue weighted by atomic mass is 10.2. The monoisotopic (exact) mass is 649 g/mol. The Labute approximate surface area is 279 Å². The van der Waals surface area contributed by atoms with Crippen LogP contribution in [0.4, 0.5) is 14.6 Å². The highest BCUT2D eigenvalue weighted by Gasteiger charge is 2.17. The maximum absolute atomic E-state index is 13.8. The van der Waals surface area contributed by atoms with Crippen LogP contribution in [0.1, 0.15) is 47.6 Å². The first-order valence-corrected chi connectivity index (χ1v) is 15.3. The Balaban J connectivity index is 0.000000206. The normalized spacial score (nSPS) is 10.3. The van der Waals surface area contributed by atoms with Gasteiger partial charge in [0.15, 0.2) is 23.2 Å². The fourth-order valence-corrected chi connectivity index (χ4v) is 4.62. The fourth-order valence-electron chi connectivity index (χ4n) is 4.62. The van der Waals surface area contributed by atoms with Gasteiger partial charge in [-0.25, -0.2) is 28.7 Å². The van der Waals surface area contributed by atoms with Crippen molar-refractivity contribution in [1.29, 1.82) is 0 Å². The summed E-state index contributed by atoms with van der Waals surface area (Å²) >= 11 is 0. The third-order valence-corrected chi connectivity index (χ3v) is 7.35. The van der Waals surface area contributed by atoms with E-state index in [0.717, 1.165) is 35.4 Å². The third kappa shape index (κ3) is 8.11. The average molecular weight is 650 g/mol. The Kier molecular flexibility index (Phi) is 11.8. The molecule has 0 aliphatic carbocycles. The van der Waals surface area contributed by atoms with Gasteiger partial charge in [-0.3, -0.25) is 4.68 Å². The molecule has 0 aliphatic rings. The summed E-state index contributed by atoms with van der Waals surface area (Å²) in [5.74, 6) is 0.900. The number of aromatic nitrogens is 8. The van der Waals surface area contributed by atoms with Gasteiger partial charge in [-0.15, -0.1) is 0 Å². The van der Waals surface area contributed by atoms with Gasteiger partial charge in [0.2, 0.25) is 0 Å². The number of ether oxygens (including phenoxy) is 1. The lowest BCUT2D eigenvalue weighted by Crippen LogP contribution is -2.04. The molecule has 246 valence electrons. The molecule has 48 heavy (non-hydrogen) atoms. The molecule has 0 radical (unpaired) electrons. The number of nitrogens with zero attached hydrogens (tertiary/aromatic N) is 9. The zero-order valence-corrected chi connectivity index (χ0v) is 28.0. The zero-order chi connectivity index (χ0) is 34.8. The van der Waals surface area contributed by atoms with E-state index < -0.39 is 5.82 Å². The molecule has 0 unspecified atom stereocenters. The number of benzene rings is 2. The van der Waals surface area contributed by atoms with Gasteiger partial charge in [0.1, 0.15) is 23.7 Å². The summed E-state index contributed by atoms with van der Waals surface area (Å²) in [4.78, 5) is 20.2. The van der Waals surface area contributed by atoms with Gasteiger partial charge in [-0.1, -0.05) is 74.0 Å². The predicted octanol–water partition coefficient (Wildman–Crippen LogP) is 7.87. The molecule has 0 atom stereocenters.